The molecule has 1 amide bonds. The Morgan fingerprint density at radius 1 is 1.26 bits per heavy atom. The van der Waals surface area contributed by atoms with Gasteiger partial charge in [-0.05, 0) is 31.4 Å². The largest absolute Gasteiger partial charge is 0.383 e. The monoisotopic (exact) mass is 373 g/mol. The minimum Gasteiger partial charge on any atom is -0.383 e. The first-order valence-corrected chi connectivity index (χ1v) is 9.72. The summed E-state index contributed by atoms with van der Waals surface area (Å²) in [4.78, 5) is 32.6. The normalized spacial score (nSPS) is 12.5. The molecular weight excluding hydrogens is 342 g/mol. The SMILES string of the molecule is CCC(c1nc2ccccc2c(=O)n1CCOC)N(CC)C(=O)CC(C)C. The summed E-state index contributed by atoms with van der Waals surface area (Å²) in [7, 11) is 1.61. The number of amides is 1. The number of carbonyl (C=O) groups excluding carboxylic acids is 1. The summed E-state index contributed by atoms with van der Waals surface area (Å²) in [5.41, 5.74) is 0.579. The van der Waals surface area contributed by atoms with Crippen molar-refractivity contribution in [3.8, 4) is 0 Å². The van der Waals surface area contributed by atoms with Crippen LogP contribution in [0.5, 0.6) is 0 Å². The number of hydrogen-bond acceptors (Lipinski definition) is 4. The molecule has 27 heavy (non-hydrogen) atoms. The molecule has 1 atom stereocenters. The maximum Gasteiger partial charge on any atom is 0.261 e. The Balaban J connectivity index is 2.60. The van der Waals surface area contributed by atoms with E-state index in [2.05, 4.69) is 0 Å². The second-order valence-corrected chi connectivity index (χ2v) is 7.14. The van der Waals surface area contributed by atoms with Gasteiger partial charge in [0.05, 0.1) is 30.1 Å². The zero-order valence-corrected chi connectivity index (χ0v) is 17.1. The van der Waals surface area contributed by atoms with Crippen molar-refractivity contribution < 1.29 is 9.53 Å². The maximum atomic E-state index is 13.1. The molecule has 0 aliphatic carbocycles. The minimum atomic E-state index is -0.240. The van der Waals surface area contributed by atoms with Gasteiger partial charge in [-0.15, -0.1) is 0 Å². The molecule has 148 valence electrons. The summed E-state index contributed by atoms with van der Waals surface area (Å²) in [5.74, 6) is 1.02. The molecule has 1 heterocycles. The number of benzene rings is 1. The third kappa shape index (κ3) is 4.75. The zero-order valence-electron chi connectivity index (χ0n) is 17.1. The van der Waals surface area contributed by atoms with Crippen LogP contribution in [0.4, 0.5) is 0 Å². The van der Waals surface area contributed by atoms with Crippen LogP contribution in [-0.4, -0.2) is 40.6 Å². The number of ether oxygens (including phenoxy) is 1. The molecule has 6 nitrogen and oxygen atoms in total. The van der Waals surface area contributed by atoms with Gasteiger partial charge in [0.25, 0.3) is 5.56 Å². The number of fused-ring (bicyclic) bond motifs is 1. The number of para-hydroxylation sites is 1. The average molecular weight is 373 g/mol. The molecule has 0 aliphatic heterocycles. The van der Waals surface area contributed by atoms with Gasteiger partial charge in [-0.3, -0.25) is 14.2 Å². The van der Waals surface area contributed by atoms with Gasteiger partial charge in [0, 0.05) is 20.1 Å². The van der Waals surface area contributed by atoms with E-state index in [1.165, 1.54) is 0 Å². The van der Waals surface area contributed by atoms with E-state index in [1.807, 2.05) is 50.8 Å². The maximum absolute atomic E-state index is 13.1. The standard InChI is InChI=1S/C21H31N3O3/c1-6-18(23(7-2)19(25)14-15(3)4)20-22-17-11-9-8-10-16(17)21(26)24(20)12-13-27-5/h8-11,15,18H,6-7,12-14H2,1-5H3. The van der Waals surface area contributed by atoms with Crippen molar-refractivity contribution in [3.63, 3.8) is 0 Å². The first-order chi connectivity index (χ1) is 12.9. The molecule has 0 aliphatic rings. The summed E-state index contributed by atoms with van der Waals surface area (Å²) < 4.78 is 6.87. The zero-order chi connectivity index (χ0) is 20.0. The molecule has 0 fully saturated rings. The molecule has 2 rings (SSSR count). The molecule has 6 heteroatoms. The highest BCUT2D eigenvalue weighted by atomic mass is 16.5. The molecule has 1 aromatic carbocycles. The predicted octanol–water partition coefficient (Wildman–Crippen LogP) is 3.39. The van der Waals surface area contributed by atoms with Crippen molar-refractivity contribution in [2.45, 2.75) is 53.1 Å². The lowest BCUT2D eigenvalue weighted by atomic mass is 10.1. The Kier molecular flexibility index (Phi) is 7.54. The van der Waals surface area contributed by atoms with Crippen LogP contribution < -0.4 is 5.56 Å². The molecule has 0 saturated heterocycles. The Labute approximate surface area is 161 Å². The van der Waals surface area contributed by atoms with Gasteiger partial charge in [-0.25, -0.2) is 4.98 Å². The summed E-state index contributed by atoms with van der Waals surface area (Å²) in [6, 6.07) is 7.11. The minimum absolute atomic E-state index is 0.0848. The highest BCUT2D eigenvalue weighted by Gasteiger charge is 2.27. The number of rotatable bonds is 9. The number of methoxy groups -OCH3 is 1. The lowest BCUT2D eigenvalue weighted by Crippen LogP contribution is -2.39. The van der Waals surface area contributed by atoms with Crippen LogP contribution in [0.3, 0.4) is 0 Å². The van der Waals surface area contributed by atoms with E-state index >= 15 is 0 Å². The molecule has 0 N–H and O–H groups in total. The first-order valence-electron chi connectivity index (χ1n) is 9.72. The molecular formula is C21H31N3O3. The lowest BCUT2D eigenvalue weighted by molar-refractivity contribution is -0.134. The van der Waals surface area contributed by atoms with Crippen LogP contribution in [0.1, 0.15) is 52.4 Å². The summed E-state index contributed by atoms with van der Waals surface area (Å²) in [6.07, 6.45) is 1.18. The van der Waals surface area contributed by atoms with Crippen molar-refractivity contribution >= 4 is 16.8 Å². The van der Waals surface area contributed by atoms with Gasteiger partial charge in [0.15, 0.2) is 0 Å². The number of hydrogen-bond donors (Lipinski definition) is 0. The molecule has 0 spiro atoms. The number of carbonyl (C=O) groups is 1. The Bertz CT molecular complexity index is 829. The van der Waals surface area contributed by atoms with Crippen molar-refractivity contribution in [3.05, 3.63) is 40.4 Å². The van der Waals surface area contributed by atoms with E-state index in [1.54, 1.807) is 17.7 Å². The molecule has 2 aromatic rings. The van der Waals surface area contributed by atoms with Gasteiger partial charge in [-0.2, -0.15) is 0 Å². The van der Waals surface area contributed by atoms with Crippen LogP contribution in [0.25, 0.3) is 10.9 Å². The highest BCUT2D eigenvalue weighted by Crippen LogP contribution is 2.25. The Morgan fingerprint density at radius 2 is 1.96 bits per heavy atom. The fraction of sp³-hybridized carbons (Fsp3) is 0.571. The van der Waals surface area contributed by atoms with E-state index in [-0.39, 0.29) is 23.4 Å². The van der Waals surface area contributed by atoms with Crippen LogP contribution in [0.2, 0.25) is 0 Å². The van der Waals surface area contributed by atoms with E-state index in [0.717, 1.165) is 0 Å². The smallest absolute Gasteiger partial charge is 0.261 e. The topological polar surface area (TPSA) is 64.4 Å². The van der Waals surface area contributed by atoms with Gasteiger partial charge in [-0.1, -0.05) is 32.9 Å². The van der Waals surface area contributed by atoms with Crippen molar-refractivity contribution in [1.29, 1.82) is 0 Å². The number of nitrogens with zero attached hydrogens (tertiary/aromatic N) is 3. The quantitative estimate of drug-likeness (QED) is 0.676. The molecule has 1 aromatic heterocycles. The lowest BCUT2D eigenvalue weighted by Gasteiger charge is -2.32. The average Bonchev–Trinajstić information content (AvgIpc) is 2.64. The van der Waals surface area contributed by atoms with Crippen molar-refractivity contribution in [2.24, 2.45) is 5.92 Å². The fourth-order valence-electron chi connectivity index (χ4n) is 3.42. The van der Waals surface area contributed by atoms with Gasteiger partial charge in [0.1, 0.15) is 5.82 Å². The van der Waals surface area contributed by atoms with Gasteiger partial charge < -0.3 is 9.64 Å². The van der Waals surface area contributed by atoms with Crippen LogP contribution in [0.15, 0.2) is 29.1 Å². The molecule has 0 saturated carbocycles. The van der Waals surface area contributed by atoms with E-state index in [4.69, 9.17) is 9.72 Å². The van der Waals surface area contributed by atoms with Crippen LogP contribution >= 0.6 is 0 Å². The second kappa shape index (κ2) is 9.65. The van der Waals surface area contributed by atoms with Gasteiger partial charge in [0.2, 0.25) is 5.91 Å². The van der Waals surface area contributed by atoms with Crippen LogP contribution in [0, 0.1) is 5.92 Å². The van der Waals surface area contributed by atoms with Crippen molar-refractivity contribution in [1.82, 2.24) is 14.5 Å². The van der Waals surface area contributed by atoms with E-state index in [9.17, 15) is 9.59 Å². The highest BCUT2D eigenvalue weighted by molar-refractivity contribution is 5.78. The van der Waals surface area contributed by atoms with E-state index in [0.29, 0.717) is 49.3 Å². The number of aromatic nitrogens is 2. The van der Waals surface area contributed by atoms with Crippen molar-refractivity contribution in [2.75, 3.05) is 20.3 Å². The Morgan fingerprint density at radius 3 is 2.56 bits per heavy atom. The van der Waals surface area contributed by atoms with Gasteiger partial charge >= 0.3 is 0 Å². The second-order valence-electron chi connectivity index (χ2n) is 7.14. The summed E-state index contributed by atoms with van der Waals surface area (Å²) in [6.45, 7) is 9.48. The third-order valence-corrected chi connectivity index (χ3v) is 4.72. The summed E-state index contributed by atoms with van der Waals surface area (Å²) >= 11 is 0. The predicted molar refractivity (Wildman–Crippen MR) is 108 cm³/mol. The summed E-state index contributed by atoms with van der Waals surface area (Å²) in [5, 5.41) is 0.587. The first kappa shape index (κ1) is 21.1. The fourth-order valence-corrected chi connectivity index (χ4v) is 3.42. The molecule has 0 bridgehead atoms. The van der Waals surface area contributed by atoms with Crippen LogP contribution in [-0.2, 0) is 16.1 Å². The third-order valence-electron chi connectivity index (χ3n) is 4.72. The molecule has 1 unspecified atom stereocenters. The van der Waals surface area contributed by atoms with E-state index < -0.39 is 0 Å². The Hall–Kier alpha value is -2.21. The molecule has 0 radical (unpaired) electrons.